The summed E-state index contributed by atoms with van der Waals surface area (Å²) in [5.74, 6) is -0.0912. The first-order valence-corrected chi connectivity index (χ1v) is 3.64. The average Bonchev–Trinajstić information content (AvgIpc) is 1.98. The molecule has 0 amide bonds. The van der Waals surface area contributed by atoms with Gasteiger partial charge in [-0.3, -0.25) is 0 Å². The van der Waals surface area contributed by atoms with Crippen molar-refractivity contribution >= 4 is 0 Å². The second-order valence-corrected chi connectivity index (χ2v) is 2.39. The van der Waals surface area contributed by atoms with Gasteiger partial charge in [0, 0.05) is 12.5 Å². The Labute approximate surface area is 61.5 Å². The molecular formula is C7H16FNO. The largest absolute Gasteiger partial charge is 0.379 e. The number of ether oxygens (including phenoxy) is 1. The topological polar surface area (TPSA) is 35.2 Å². The molecule has 0 saturated heterocycles. The number of hydrogen-bond acceptors (Lipinski definition) is 2. The second kappa shape index (κ2) is 5.62. The van der Waals surface area contributed by atoms with Gasteiger partial charge in [0.05, 0.1) is 6.61 Å². The van der Waals surface area contributed by atoms with Crippen molar-refractivity contribution in [1.82, 2.24) is 0 Å². The van der Waals surface area contributed by atoms with Crippen LogP contribution in [0.15, 0.2) is 0 Å². The maximum Gasteiger partial charge on any atom is 0.127 e. The molecule has 0 radical (unpaired) electrons. The summed E-state index contributed by atoms with van der Waals surface area (Å²) in [5.41, 5.74) is 5.25. The summed E-state index contributed by atoms with van der Waals surface area (Å²) in [4.78, 5) is 0. The van der Waals surface area contributed by atoms with E-state index < -0.39 is 6.17 Å². The minimum Gasteiger partial charge on any atom is -0.379 e. The molecule has 0 bridgehead atoms. The summed E-state index contributed by atoms with van der Waals surface area (Å²) < 4.78 is 17.7. The van der Waals surface area contributed by atoms with E-state index in [-0.39, 0.29) is 12.5 Å². The summed E-state index contributed by atoms with van der Waals surface area (Å²) in [6.45, 7) is 4.75. The Hall–Kier alpha value is -0.150. The van der Waals surface area contributed by atoms with Gasteiger partial charge in [0.15, 0.2) is 0 Å². The zero-order valence-corrected chi connectivity index (χ0v) is 6.64. The lowest BCUT2D eigenvalue weighted by atomic mass is 10.1. The summed E-state index contributed by atoms with van der Waals surface area (Å²) in [5, 5.41) is 0. The van der Waals surface area contributed by atoms with E-state index in [1.54, 1.807) is 6.92 Å². The average molecular weight is 149 g/mol. The smallest absolute Gasteiger partial charge is 0.127 e. The van der Waals surface area contributed by atoms with Crippen molar-refractivity contribution in [3.05, 3.63) is 0 Å². The number of nitrogens with two attached hydrogens (primary N) is 1. The molecule has 2 N–H and O–H groups in total. The lowest BCUT2D eigenvalue weighted by Crippen LogP contribution is -2.25. The van der Waals surface area contributed by atoms with Gasteiger partial charge in [-0.2, -0.15) is 0 Å². The van der Waals surface area contributed by atoms with Crippen LogP contribution in [0, 0.1) is 5.92 Å². The third-order valence-electron chi connectivity index (χ3n) is 1.47. The Kier molecular flexibility index (Phi) is 5.54. The van der Waals surface area contributed by atoms with Gasteiger partial charge in [-0.1, -0.05) is 6.92 Å². The van der Waals surface area contributed by atoms with Crippen LogP contribution < -0.4 is 5.73 Å². The zero-order chi connectivity index (χ0) is 7.98. The number of halogens is 1. The van der Waals surface area contributed by atoms with Crippen molar-refractivity contribution < 1.29 is 9.13 Å². The fourth-order valence-electron chi connectivity index (χ4n) is 0.542. The summed E-state index contributed by atoms with van der Waals surface area (Å²) in [6, 6.07) is 0. The van der Waals surface area contributed by atoms with Crippen LogP contribution in [-0.2, 0) is 4.74 Å². The first-order chi connectivity index (χ1) is 4.72. The van der Waals surface area contributed by atoms with Crippen molar-refractivity contribution in [2.24, 2.45) is 11.7 Å². The van der Waals surface area contributed by atoms with E-state index in [2.05, 4.69) is 0 Å². The van der Waals surface area contributed by atoms with Crippen LogP contribution in [0.4, 0.5) is 4.39 Å². The van der Waals surface area contributed by atoms with Gasteiger partial charge in [0.2, 0.25) is 0 Å². The zero-order valence-electron chi connectivity index (χ0n) is 6.64. The molecule has 10 heavy (non-hydrogen) atoms. The minimum absolute atomic E-state index is 0.0912. The van der Waals surface area contributed by atoms with E-state index in [1.807, 2.05) is 6.92 Å². The maximum atomic E-state index is 12.8. The Morgan fingerprint density at radius 3 is 2.60 bits per heavy atom. The molecule has 3 heteroatoms. The first kappa shape index (κ1) is 9.85. The molecule has 62 valence electrons. The molecule has 0 aliphatic heterocycles. The van der Waals surface area contributed by atoms with Gasteiger partial charge in [-0.25, -0.2) is 4.39 Å². The van der Waals surface area contributed by atoms with E-state index in [9.17, 15) is 4.39 Å². The predicted octanol–water partition coefficient (Wildman–Crippen LogP) is 0.956. The van der Waals surface area contributed by atoms with E-state index >= 15 is 0 Å². The SMILES string of the molecule is CCOCC(F)C(C)CN. The number of rotatable bonds is 5. The van der Waals surface area contributed by atoms with Gasteiger partial charge in [0.1, 0.15) is 6.17 Å². The molecule has 2 atom stereocenters. The molecule has 2 unspecified atom stereocenters. The molecule has 0 aromatic heterocycles. The molecule has 0 aromatic carbocycles. The van der Waals surface area contributed by atoms with Crippen LogP contribution in [0.2, 0.25) is 0 Å². The highest BCUT2D eigenvalue weighted by Gasteiger charge is 2.13. The van der Waals surface area contributed by atoms with E-state index in [0.29, 0.717) is 13.2 Å². The minimum atomic E-state index is -0.912. The van der Waals surface area contributed by atoms with Gasteiger partial charge < -0.3 is 10.5 Å². The van der Waals surface area contributed by atoms with Crippen molar-refractivity contribution in [2.75, 3.05) is 19.8 Å². The molecule has 0 aliphatic carbocycles. The number of hydrogen-bond donors (Lipinski definition) is 1. The summed E-state index contributed by atoms with van der Waals surface area (Å²) in [7, 11) is 0. The van der Waals surface area contributed by atoms with Crippen molar-refractivity contribution in [3.63, 3.8) is 0 Å². The first-order valence-electron chi connectivity index (χ1n) is 3.64. The van der Waals surface area contributed by atoms with Crippen LogP contribution in [-0.4, -0.2) is 25.9 Å². The molecule has 2 nitrogen and oxygen atoms in total. The highest BCUT2D eigenvalue weighted by atomic mass is 19.1. The van der Waals surface area contributed by atoms with Gasteiger partial charge in [0.25, 0.3) is 0 Å². The van der Waals surface area contributed by atoms with Crippen LogP contribution >= 0.6 is 0 Å². The van der Waals surface area contributed by atoms with Crippen molar-refractivity contribution in [1.29, 1.82) is 0 Å². The molecule has 0 aromatic rings. The van der Waals surface area contributed by atoms with Crippen LogP contribution in [0.25, 0.3) is 0 Å². The van der Waals surface area contributed by atoms with Crippen LogP contribution in [0.5, 0.6) is 0 Å². The second-order valence-electron chi connectivity index (χ2n) is 2.39. The van der Waals surface area contributed by atoms with E-state index in [4.69, 9.17) is 10.5 Å². The third-order valence-corrected chi connectivity index (χ3v) is 1.47. The monoisotopic (exact) mass is 149 g/mol. The Morgan fingerprint density at radius 2 is 2.20 bits per heavy atom. The highest BCUT2D eigenvalue weighted by molar-refractivity contribution is 4.63. The standard InChI is InChI=1S/C7H16FNO/c1-3-10-5-7(8)6(2)4-9/h6-7H,3-5,9H2,1-2H3. The maximum absolute atomic E-state index is 12.8. The van der Waals surface area contributed by atoms with Gasteiger partial charge in [-0.15, -0.1) is 0 Å². The Morgan fingerprint density at radius 1 is 1.60 bits per heavy atom. The third kappa shape index (κ3) is 3.80. The lowest BCUT2D eigenvalue weighted by molar-refractivity contribution is 0.0672. The molecule has 0 rings (SSSR count). The van der Waals surface area contributed by atoms with Crippen molar-refractivity contribution in [2.45, 2.75) is 20.0 Å². The van der Waals surface area contributed by atoms with Crippen molar-refractivity contribution in [3.8, 4) is 0 Å². The van der Waals surface area contributed by atoms with Gasteiger partial charge in [-0.05, 0) is 13.5 Å². The molecule has 0 aliphatic rings. The molecule has 0 spiro atoms. The quantitative estimate of drug-likeness (QED) is 0.631. The normalized spacial score (nSPS) is 16.8. The fraction of sp³-hybridized carbons (Fsp3) is 1.00. The number of alkyl halides is 1. The van der Waals surface area contributed by atoms with E-state index in [0.717, 1.165) is 0 Å². The predicted molar refractivity (Wildman–Crippen MR) is 39.6 cm³/mol. The summed E-state index contributed by atoms with van der Waals surface area (Å²) >= 11 is 0. The lowest BCUT2D eigenvalue weighted by Gasteiger charge is -2.13. The van der Waals surface area contributed by atoms with Crippen LogP contribution in [0.3, 0.4) is 0 Å². The Balaban J connectivity index is 3.31. The molecular weight excluding hydrogens is 133 g/mol. The van der Waals surface area contributed by atoms with Gasteiger partial charge >= 0.3 is 0 Å². The summed E-state index contributed by atoms with van der Waals surface area (Å²) in [6.07, 6.45) is -0.912. The molecule has 0 fully saturated rings. The fourth-order valence-corrected chi connectivity index (χ4v) is 0.542. The molecule has 0 saturated carbocycles. The van der Waals surface area contributed by atoms with Crippen LogP contribution in [0.1, 0.15) is 13.8 Å². The Bertz CT molecular complexity index is 80.0. The van der Waals surface area contributed by atoms with E-state index in [1.165, 1.54) is 0 Å². The molecule has 0 heterocycles. The highest BCUT2D eigenvalue weighted by Crippen LogP contribution is 2.05.